The first-order valence-electron chi connectivity index (χ1n) is 5.59. The number of rotatable bonds is 0. The fourth-order valence-electron chi connectivity index (χ4n) is 3.09. The Morgan fingerprint density at radius 3 is 2.93 bits per heavy atom. The summed E-state index contributed by atoms with van der Waals surface area (Å²) in [5.41, 5.74) is 7.23. The second kappa shape index (κ2) is 2.83. The van der Waals surface area contributed by atoms with Gasteiger partial charge in [0.2, 0.25) is 0 Å². The van der Waals surface area contributed by atoms with Gasteiger partial charge in [-0.3, -0.25) is 0 Å². The fourth-order valence-corrected chi connectivity index (χ4v) is 3.09. The van der Waals surface area contributed by atoms with Gasteiger partial charge in [-0.1, -0.05) is 6.07 Å². The molecule has 1 heteroatoms. The number of aryl methyl sites for hydroxylation is 1. The van der Waals surface area contributed by atoms with E-state index in [-0.39, 0.29) is 6.10 Å². The minimum atomic E-state index is -0.186. The molecule has 14 heavy (non-hydrogen) atoms. The lowest BCUT2D eigenvalue weighted by Gasteiger charge is -2.12. The molecule has 0 bridgehead atoms. The van der Waals surface area contributed by atoms with Crippen LogP contribution in [0, 0.1) is 6.92 Å². The highest BCUT2D eigenvalue weighted by atomic mass is 16.3. The second-order valence-electron chi connectivity index (χ2n) is 4.62. The van der Waals surface area contributed by atoms with E-state index in [9.17, 15) is 5.11 Å². The van der Waals surface area contributed by atoms with Crippen molar-refractivity contribution in [2.75, 3.05) is 0 Å². The Morgan fingerprint density at radius 2 is 2.07 bits per heavy atom. The number of hydrogen-bond acceptors (Lipinski definition) is 1. The molecule has 0 amide bonds. The molecule has 0 aromatic heterocycles. The van der Waals surface area contributed by atoms with E-state index in [1.807, 2.05) is 0 Å². The van der Waals surface area contributed by atoms with E-state index < -0.39 is 0 Å². The molecule has 74 valence electrons. The van der Waals surface area contributed by atoms with E-state index in [0.29, 0.717) is 0 Å². The molecule has 3 rings (SSSR count). The Kier molecular flexibility index (Phi) is 1.72. The number of aliphatic hydroxyl groups is 1. The molecule has 0 spiro atoms. The van der Waals surface area contributed by atoms with E-state index in [1.54, 1.807) is 5.56 Å². The molecule has 0 heterocycles. The fraction of sp³-hybridized carbons (Fsp3) is 0.538. The van der Waals surface area contributed by atoms with E-state index in [0.717, 1.165) is 12.8 Å². The highest BCUT2D eigenvalue weighted by molar-refractivity contribution is 5.50. The van der Waals surface area contributed by atoms with Crippen LogP contribution in [0.5, 0.6) is 0 Å². The molecule has 0 fully saturated rings. The highest BCUT2D eigenvalue weighted by Crippen LogP contribution is 2.38. The summed E-state index contributed by atoms with van der Waals surface area (Å²) < 4.78 is 0. The number of hydrogen-bond donors (Lipinski definition) is 1. The quantitative estimate of drug-likeness (QED) is 0.663. The van der Waals surface area contributed by atoms with Crippen LogP contribution in [0.4, 0.5) is 0 Å². The Hall–Kier alpha value is -0.820. The molecule has 2 aliphatic carbocycles. The van der Waals surface area contributed by atoms with Gasteiger partial charge in [-0.25, -0.2) is 0 Å². The van der Waals surface area contributed by atoms with Gasteiger partial charge in [-0.15, -0.1) is 0 Å². The predicted octanol–water partition coefficient (Wildman–Crippen LogP) is 2.46. The third-order valence-corrected chi connectivity index (χ3v) is 3.87. The number of benzene rings is 1. The van der Waals surface area contributed by atoms with Crippen molar-refractivity contribution in [3.8, 4) is 0 Å². The van der Waals surface area contributed by atoms with Crippen LogP contribution in [0.2, 0.25) is 0 Å². The Morgan fingerprint density at radius 1 is 1.21 bits per heavy atom. The molecule has 0 aliphatic heterocycles. The lowest BCUT2D eigenvalue weighted by atomic mass is 9.95. The Bertz CT molecular complexity index is 393. The molecule has 1 aromatic carbocycles. The van der Waals surface area contributed by atoms with Crippen molar-refractivity contribution in [2.24, 2.45) is 0 Å². The maximum absolute atomic E-state index is 9.84. The zero-order valence-corrected chi connectivity index (χ0v) is 8.64. The SMILES string of the molecule is Cc1c2c(cc3c1CCC3O)CCC2. The standard InChI is InChI=1S/C13H16O/c1-8-10-4-2-3-9(10)7-12-11(8)5-6-13(12)14/h7,13-14H,2-6H2,1H3. The van der Waals surface area contributed by atoms with Gasteiger partial charge < -0.3 is 5.11 Å². The van der Waals surface area contributed by atoms with Gasteiger partial charge in [-0.05, 0) is 66.8 Å². The van der Waals surface area contributed by atoms with Gasteiger partial charge in [0.1, 0.15) is 0 Å². The minimum Gasteiger partial charge on any atom is -0.388 e. The van der Waals surface area contributed by atoms with Crippen molar-refractivity contribution in [3.63, 3.8) is 0 Å². The summed E-state index contributed by atoms with van der Waals surface area (Å²) in [6, 6.07) is 2.27. The second-order valence-corrected chi connectivity index (χ2v) is 4.62. The van der Waals surface area contributed by atoms with Crippen LogP contribution in [0.1, 0.15) is 46.8 Å². The summed E-state index contributed by atoms with van der Waals surface area (Å²) >= 11 is 0. The van der Waals surface area contributed by atoms with Crippen LogP contribution in [0.3, 0.4) is 0 Å². The summed E-state index contributed by atoms with van der Waals surface area (Å²) in [5, 5.41) is 9.84. The summed E-state index contributed by atoms with van der Waals surface area (Å²) in [7, 11) is 0. The molecular formula is C13H16O. The van der Waals surface area contributed by atoms with Crippen molar-refractivity contribution in [3.05, 3.63) is 33.9 Å². The maximum atomic E-state index is 9.84. The summed E-state index contributed by atoms with van der Waals surface area (Å²) in [4.78, 5) is 0. The Labute approximate surface area is 84.8 Å². The van der Waals surface area contributed by atoms with Gasteiger partial charge in [-0.2, -0.15) is 0 Å². The zero-order chi connectivity index (χ0) is 9.71. The molecule has 1 unspecified atom stereocenters. The van der Waals surface area contributed by atoms with Crippen LogP contribution in [0.15, 0.2) is 6.07 Å². The summed E-state index contributed by atoms with van der Waals surface area (Å²) in [6.45, 7) is 2.24. The highest BCUT2D eigenvalue weighted by Gasteiger charge is 2.26. The van der Waals surface area contributed by atoms with Gasteiger partial charge in [0.25, 0.3) is 0 Å². The molecule has 1 atom stereocenters. The molecule has 0 saturated carbocycles. The van der Waals surface area contributed by atoms with Crippen molar-refractivity contribution in [1.82, 2.24) is 0 Å². The number of fused-ring (bicyclic) bond motifs is 2. The van der Waals surface area contributed by atoms with Crippen LogP contribution in [0.25, 0.3) is 0 Å². The molecule has 0 radical (unpaired) electrons. The van der Waals surface area contributed by atoms with E-state index in [2.05, 4.69) is 13.0 Å². The van der Waals surface area contributed by atoms with Crippen molar-refractivity contribution in [2.45, 2.75) is 45.1 Å². The maximum Gasteiger partial charge on any atom is 0.0796 e. The van der Waals surface area contributed by atoms with Gasteiger partial charge in [0, 0.05) is 0 Å². The van der Waals surface area contributed by atoms with Crippen LogP contribution < -0.4 is 0 Å². The number of aliphatic hydroxyl groups excluding tert-OH is 1. The first-order chi connectivity index (χ1) is 6.77. The van der Waals surface area contributed by atoms with Crippen LogP contribution >= 0.6 is 0 Å². The van der Waals surface area contributed by atoms with Crippen molar-refractivity contribution in [1.29, 1.82) is 0 Å². The van der Waals surface area contributed by atoms with Gasteiger partial charge >= 0.3 is 0 Å². The largest absolute Gasteiger partial charge is 0.388 e. The lowest BCUT2D eigenvalue weighted by Crippen LogP contribution is -1.97. The lowest BCUT2D eigenvalue weighted by molar-refractivity contribution is 0.180. The topological polar surface area (TPSA) is 20.2 Å². The molecule has 1 nitrogen and oxygen atoms in total. The van der Waals surface area contributed by atoms with Gasteiger partial charge in [0.05, 0.1) is 6.10 Å². The Balaban J connectivity index is 2.24. The predicted molar refractivity (Wildman–Crippen MR) is 56.5 cm³/mol. The smallest absolute Gasteiger partial charge is 0.0796 e. The molecular weight excluding hydrogens is 172 g/mol. The normalized spacial score (nSPS) is 23.7. The zero-order valence-electron chi connectivity index (χ0n) is 8.64. The first-order valence-corrected chi connectivity index (χ1v) is 5.59. The summed E-state index contributed by atoms with van der Waals surface area (Å²) in [6.07, 6.45) is 5.60. The first kappa shape index (κ1) is 8.49. The van der Waals surface area contributed by atoms with Crippen molar-refractivity contribution < 1.29 is 5.11 Å². The average molecular weight is 188 g/mol. The molecule has 0 saturated heterocycles. The monoisotopic (exact) mass is 188 g/mol. The average Bonchev–Trinajstić information content (AvgIpc) is 2.75. The van der Waals surface area contributed by atoms with E-state index in [4.69, 9.17) is 0 Å². The third kappa shape index (κ3) is 0.992. The van der Waals surface area contributed by atoms with Crippen molar-refractivity contribution >= 4 is 0 Å². The molecule has 1 N–H and O–H groups in total. The van der Waals surface area contributed by atoms with E-state index in [1.165, 1.54) is 41.5 Å². The van der Waals surface area contributed by atoms with Crippen LogP contribution in [-0.2, 0) is 19.3 Å². The molecule has 1 aromatic rings. The molecule has 2 aliphatic rings. The van der Waals surface area contributed by atoms with Crippen LogP contribution in [-0.4, -0.2) is 5.11 Å². The minimum absolute atomic E-state index is 0.186. The van der Waals surface area contributed by atoms with E-state index >= 15 is 0 Å². The van der Waals surface area contributed by atoms with Gasteiger partial charge in [0.15, 0.2) is 0 Å². The summed E-state index contributed by atoms with van der Waals surface area (Å²) in [5.74, 6) is 0. The third-order valence-electron chi connectivity index (χ3n) is 3.87.